The number of amides is 1. The molecule has 140 valence electrons. The summed E-state index contributed by atoms with van der Waals surface area (Å²) in [5, 5.41) is 6.94. The van der Waals surface area contributed by atoms with Crippen molar-refractivity contribution in [3.05, 3.63) is 46.8 Å². The van der Waals surface area contributed by atoms with Gasteiger partial charge in [-0.3, -0.25) is 4.79 Å². The van der Waals surface area contributed by atoms with Crippen LogP contribution >= 0.6 is 0 Å². The summed E-state index contributed by atoms with van der Waals surface area (Å²) >= 11 is 0. The SMILES string of the molecule is Cc1noc(C)c1COc1cccc(C(=O)NCCCC2CCCC2)c1. The first-order valence-electron chi connectivity index (χ1n) is 9.56. The van der Waals surface area contributed by atoms with E-state index in [-0.39, 0.29) is 5.91 Å². The molecule has 0 aliphatic heterocycles. The molecule has 1 aromatic heterocycles. The van der Waals surface area contributed by atoms with E-state index >= 15 is 0 Å². The first-order chi connectivity index (χ1) is 12.6. The van der Waals surface area contributed by atoms with Crippen molar-refractivity contribution in [1.82, 2.24) is 10.5 Å². The molecule has 1 fully saturated rings. The van der Waals surface area contributed by atoms with Crippen LogP contribution in [-0.2, 0) is 6.61 Å². The van der Waals surface area contributed by atoms with Crippen LogP contribution in [0.2, 0.25) is 0 Å². The van der Waals surface area contributed by atoms with Crippen molar-refractivity contribution in [2.24, 2.45) is 5.92 Å². The van der Waals surface area contributed by atoms with Gasteiger partial charge in [0.15, 0.2) is 0 Å². The molecule has 1 aliphatic rings. The largest absolute Gasteiger partial charge is 0.489 e. The van der Waals surface area contributed by atoms with Gasteiger partial charge in [-0.1, -0.05) is 36.9 Å². The third-order valence-electron chi connectivity index (χ3n) is 5.21. The molecule has 5 nitrogen and oxygen atoms in total. The molecule has 1 amide bonds. The second kappa shape index (κ2) is 8.88. The monoisotopic (exact) mass is 356 g/mol. The van der Waals surface area contributed by atoms with Crippen LogP contribution in [0.25, 0.3) is 0 Å². The van der Waals surface area contributed by atoms with E-state index in [0.717, 1.165) is 35.9 Å². The second-order valence-electron chi connectivity index (χ2n) is 7.17. The van der Waals surface area contributed by atoms with E-state index in [4.69, 9.17) is 9.26 Å². The van der Waals surface area contributed by atoms with E-state index in [1.165, 1.54) is 32.1 Å². The maximum atomic E-state index is 12.3. The molecule has 1 saturated carbocycles. The fourth-order valence-corrected chi connectivity index (χ4v) is 3.58. The fraction of sp³-hybridized carbons (Fsp3) is 0.524. The van der Waals surface area contributed by atoms with E-state index < -0.39 is 0 Å². The van der Waals surface area contributed by atoms with Gasteiger partial charge in [0, 0.05) is 12.1 Å². The Morgan fingerprint density at radius 3 is 2.85 bits per heavy atom. The number of nitrogens with zero attached hydrogens (tertiary/aromatic N) is 1. The number of ether oxygens (including phenoxy) is 1. The Labute approximate surface area is 155 Å². The number of benzene rings is 1. The van der Waals surface area contributed by atoms with Crippen molar-refractivity contribution in [3.63, 3.8) is 0 Å². The summed E-state index contributed by atoms with van der Waals surface area (Å²) in [5.74, 6) is 2.26. The highest BCUT2D eigenvalue weighted by Gasteiger charge is 2.14. The Balaban J connectivity index is 1.47. The minimum Gasteiger partial charge on any atom is -0.489 e. The average molecular weight is 356 g/mol. The number of hydrogen-bond acceptors (Lipinski definition) is 4. The summed E-state index contributed by atoms with van der Waals surface area (Å²) in [6, 6.07) is 7.30. The first kappa shape index (κ1) is 18.5. The van der Waals surface area contributed by atoms with Gasteiger partial charge in [0.05, 0.1) is 11.3 Å². The summed E-state index contributed by atoms with van der Waals surface area (Å²) in [5.41, 5.74) is 2.41. The number of carbonyl (C=O) groups excluding carboxylic acids is 1. The molecule has 0 bridgehead atoms. The van der Waals surface area contributed by atoms with Crippen molar-refractivity contribution < 1.29 is 14.1 Å². The smallest absolute Gasteiger partial charge is 0.251 e. The molecule has 26 heavy (non-hydrogen) atoms. The van der Waals surface area contributed by atoms with Gasteiger partial charge in [-0.25, -0.2) is 0 Å². The highest BCUT2D eigenvalue weighted by Crippen LogP contribution is 2.28. The van der Waals surface area contributed by atoms with E-state index in [1.54, 1.807) is 6.07 Å². The molecular formula is C21H28N2O3. The van der Waals surface area contributed by atoms with Crippen LogP contribution in [0.15, 0.2) is 28.8 Å². The standard InChI is InChI=1S/C21H28N2O3/c1-15-20(16(2)26-23-15)14-25-19-11-5-10-18(13-19)21(24)22-12-6-9-17-7-3-4-8-17/h5,10-11,13,17H,3-4,6-9,12,14H2,1-2H3,(H,22,24). The minimum absolute atomic E-state index is 0.0424. The lowest BCUT2D eigenvalue weighted by molar-refractivity contribution is 0.0952. The van der Waals surface area contributed by atoms with Crippen molar-refractivity contribution in [2.45, 2.75) is 59.0 Å². The predicted molar refractivity (Wildman–Crippen MR) is 100 cm³/mol. The van der Waals surface area contributed by atoms with Crippen LogP contribution in [0.4, 0.5) is 0 Å². The highest BCUT2D eigenvalue weighted by atomic mass is 16.5. The number of aryl methyl sites for hydroxylation is 2. The molecule has 1 aromatic carbocycles. The molecule has 1 heterocycles. The lowest BCUT2D eigenvalue weighted by Gasteiger charge is -2.10. The summed E-state index contributed by atoms with van der Waals surface area (Å²) in [7, 11) is 0. The zero-order valence-corrected chi connectivity index (χ0v) is 15.7. The number of hydrogen-bond donors (Lipinski definition) is 1. The van der Waals surface area contributed by atoms with Crippen LogP contribution in [-0.4, -0.2) is 17.6 Å². The molecule has 3 rings (SSSR count). The Bertz CT molecular complexity index is 713. The van der Waals surface area contributed by atoms with Crippen molar-refractivity contribution >= 4 is 5.91 Å². The molecule has 2 aromatic rings. The number of carbonyl (C=O) groups is 1. The molecule has 0 spiro atoms. The van der Waals surface area contributed by atoms with Gasteiger partial charge in [-0.2, -0.15) is 0 Å². The molecule has 0 atom stereocenters. The normalized spacial score (nSPS) is 14.5. The van der Waals surface area contributed by atoms with E-state index in [0.29, 0.717) is 17.9 Å². The number of rotatable bonds is 8. The zero-order chi connectivity index (χ0) is 18.4. The lowest BCUT2D eigenvalue weighted by Crippen LogP contribution is -2.24. The van der Waals surface area contributed by atoms with Gasteiger partial charge in [-0.05, 0) is 50.8 Å². The minimum atomic E-state index is -0.0424. The fourth-order valence-electron chi connectivity index (χ4n) is 3.58. The Kier molecular flexibility index (Phi) is 6.31. The van der Waals surface area contributed by atoms with Gasteiger partial charge in [0.25, 0.3) is 5.91 Å². The third kappa shape index (κ3) is 4.87. The molecule has 1 aliphatic carbocycles. The Hall–Kier alpha value is -2.30. The highest BCUT2D eigenvalue weighted by molar-refractivity contribution is 5.94. The van der Waals surface area contributed by atoms with Crippen molar-refractivity contribution in [2.75, 3.05) is 6.54 Å². The summed E-state index contributed by atoms with van der Waals surface area (Å²) in [6.07, 6.45) is 7.74. The molecule has 0 radical (unpaired) electrons. The van der Waals surface area contributed by atoms with Crippen molar-refractivity contribution in [1.29, 1.82) is 0 Å². The van der Waals surface area contributed by atoms with Crippen LogP contribution in [0.5, 0.6) is 5.75 Å². The van der Waals surface area contributed by atoms with Gasteiger partial charge >= 0.3 is 0 Å². The molecule has 0 saturated heterocycles. The Morgan fingerprint density at radius 2 is 2.12 bits per heavy atom. The summed E-state index contributed by atoms with van der Waals surface area (Å²) in [6.45, 7) is 4.88. The predicted octanol–water partition coefficient (Wildman–Crippen LogP) is 4.57. The third-order valence-corrected chi connectivity index (χ3v) is 5.21. The zero-order valence-electron chi connectivity index (χ0n) is 15.7. The number of nitrogens with one attached hydrogen (secondary N) is 1. The van der Waals surface area contributed by atoms with Crippen LogP contribution in [0, 0.1) is 19.8 Å². The van der Waals surface area contributed by atoms with E-state index in [9.17, 15) is 4.79 Å². The maximum absolute atomic E-state index is 12.3. The van der Waals surface area contributed by atoms with E-state index in [2.05, 4.69) is 10.5 Å². The molecular weight excluding hydrogens is 328 g/mol. The topological polar surface area (TPSA) is 64.4 Å². The molecule has 5 heteroatoms. The summed E-state index contributed by atoms with van der Waals surface area (Å²) < 4.78 is 11.0. The first-order valence-corrected chi connectivity index (χ1v) is 9.56. The molecule has 0 unspecified atom stereocenters. The number of aromatic nitrogens is 1. The lowest BCUT2D eigenvalue weighted by atomic mass is 10.0. The molecule has 1 N–H and O–H groups in total. The average Bonchev–Trinajstić information content (AvgIpc) is 3.27. The van der Waals surface area contributed by atoms with Crippen LogP contribution in [0.3, 0.4) is 0 Å². The van der Waals surface area contributed by atoms with Crippen LogP contribution < -0.4 is 10.1 Å². The summed E-state index contributed by atoms with van der Waals surface area (Å²) in [4.78, 5) is 12.3. The van der Waals surface area contributed by atoms with Gasteiger partial charge in [-0.15, -0.1) is 0 Å². The quantitative estimate of drug-likeness (QED) is 0.704. The van der Waals surface area contributed by atoms with Gasteiger partial charge < -0.3 is 14.6 Å². The Morgan fingerprint density at radius 1 is 1.31 bits per heavy atom. The maximum Gasteiger partial charge on any atom is 0.251 e. The second-order valence-corrected chi connectivity index (χ2v) is 7.17. The van der Waals surface area contributed by atoms with Gasteiger partial charge in [0.2, 0.25) is 0 Å². The van der Waals surface area contributed by atoms with Crippen LogP contribution in [0.1, 0.15) is 65.9 Å². The van der Waals surface area contributed by atoms with Crippen molar-refractivity contribution in [3.8, 4) is 5.75 Å². The van der Waals surface area contributed by atoms with E-state index in [1.807, 2.05) is 32.0 Å². The van der Waals surface area contributed by atoms with Gasteiger partial charge in [0.1, 0.15) is 18.1 Å².